The van der Waals surface area contributed by atoms with E-state index in [-0.39, 0.29) is 12.5 Å². The third-order valence-electron chi connectivity index (χ3n) is 3.35. The molecule has 7 nitrogen and oxygen atoms in total. The minimum absolute atomic E-state index is 0.00733. The number of nitrogens with one attached hydrogen (secondary N) is 2. The van der Waals surface area contributed by atoms with Gasteiger partial charge >= 0.3 is 12.0 Å². The van der Waals surface area contributed by atoms with Crippen LogP contribution in [0.2, 0.25) is 0 Å². The average molecular weight is 304 g/mol. The Kier molecular flexibility index (Phi) is 4.35. The van der Waals surface area contributed by atoms with E-state index in [1.54, 1.807) is 26.2 Å². The number of anilines is 1. The highest BCUT2D eigenvalue weighted by atomic mass is 16.4. The highest BCUT2D eigenvalue weighted by Gasteiger charge is 2.21. The largest absolute Gasteiger partial charge is 0.481 e. The lowest BCUT2D eigenvalue weighted by Crippen LogP contribution is -2.45. The zero-order valence-corrected chi connectivity index (χ0v) is 12.9. The molecule has 0 aliphatic rings. The number of rotatable bonds is 5. The van der Waals surface area contributed by atoms with Crippen LogP contribution in [0.3, 0.4) is 0 Å². The van der Waals surface area contributed by atoms with Gasteiger partial charge in [-0.3, -0.25) is 4.79 Å². The van der Waals surface area contributed by atoms with E-state index in [9.17, 15) is 9.59 Å². The number of aryl methyl sites for hydroxylation is 1. The number of carbonyl (C=O) groups excluding carboxylic acids is 1. The Morgan fingerprint density at radius 1 is 1.41 bits per heavy atom. The Labute approximate surface area is 128 Å². The summed E-state index contributed by atoms with van der Waals surface area (Å²) < 4.78 is 1.83. The SMILES string of the molecule is Cc1cc(NC(=O)NC(C)(C)CCC(=O)O)cn2ccnc12. The molecule has 0 saturated carbocycles. The molecular weight excluding hydrogens is 284 g/mol. The van der Waals surface area contributed by atoms with Crippen molar-refractivity contribution in [2.45, 2.75) is 39.2 Å². The van der Waals surface area contributed by atoms with Gasteiger partial charge in [0, 0.05) is 30.6 Å². The van der Waals surface area contributed by atoms with E-state index in [1.165, 1.54) is 0 Å². The fourth-order valence-electron chi connectivity index (χ4n) is 2.23. The highest BCUT2D eigenvalue weighted by molar-refractivity contribution is 5.90. The van der Waals surface area contributed by atoms with Crippen molar-refractivity contribution in [2.75, 3.05) is 5.32 Å². The zero-order chi connectivity index (χ0) is 16.3. The summed E-state index contributed by atoms with van der Waals surface area (Å²) >= 11 is 0. The molecule has 0 aliphatic heterocycles. The molecule has 22 heavy (non-hydrogen) atoms. The second-order valence-electron chi connectivity index (χ2n) is 5.93. The molecule has 0 radical (unpaired) electrons. The number of hydrogen-bond donors (Lipinski definition) is 3. The van der Waals surface area contributed by atoms with Crippen molar-refractivity contribution in [3.05, 3.63) is 30.2 Å². The Balaban J connectivity index is 2.02. The van der Waals surface area contributed by atoms with Crippen LogP contribution in [0.15, 0.2) is 24.7 Å². The zero-order valence-electron chi connectivity index (χ0n) is 12.9. The summed E-state index contributed by atoms with van der Waals surface area (Å²) in [5.74, 6) is -0.878. The molecular formula is C15H20N4O3. The summed E-state index contributed by atoms with van der Waals surface area (Å²) in [5, 5.41) is 14.3. The van der Waals surface area contributed by atoms with Crippen molar-refractivity contribution in [2.24, 2.45) is 0 Å². The minimum atomic E-state index is -0.878. The summed E-state index contributed by atoms with van der Waals surface area (Å²) in [6.45, 7) is 5.50. The summed E-state index contributed by atoms with van der Waals surface area (Å²) in [6, 6.07) is 1.47. The Bertz CT molecular complexity index is 706. The molecule has 0 atom stereocenters. The first-order valence-electron chi connectivity index (χ1n) is 7.01. The summed E-state index contributed by atoms with van der Waals surface area (Å²) in [5.41, 5.74) is 1.84. The molecule has 0 bridgehead atoms. The summed E-state index contributed by atoms with van der Waals surface area (Å²) in [7, 11) is 0. The molecule has 0 spiro atoms. The number of amides is 2. The highest BCUT2D eigenvalue weighted by Crippen LogP contribution is 2.16. The second kappa shape index (κ2) is 6.05. The lowest BCUT2D eigenvalue weighted by molar-refractivity contribution is -0.137. The Hall–Kier alpha value is -2.57. The molecule has 0 unspecified atom stereocenters. The molecule has 7 heteroatoms. The maximum atomic E-state index is 12.1. The van der Waals surface area contributed by atoms with Gasteiger partial charge in [-0.25, -0.2) is 9.78 Å². The van der Waals surface area contributed by atoms with E-state index in [2.05, 4.69) is 15.6 Å². The van der Waals surface area contributed by atoms with Crippen LogP contribution in [0.25, 0.3) is 5.65 Å². The van der Waals surface area contributed by atoms with E-state index in [0.717, 1.165) is 11.2 Å². The molecule has 2 rings (SSSR count). The van der Waals surface area contributed by atoms with Crippen molar-refractivity contribution < 1.29 is 14.7 Å². The van der Waals surface area contributed by atoms with E-state index < -0.39 is 11.5 Å². The number of aliphatic carboxylic acids is 1. The molecule has 2 aromatic rings. The van der Waals surface area contributed by atoms with Gasteiger partial charge < -0.3 is 20.1 Å². The molecule has 3 N–H and O–H groups in total. The van der Waals surface area contributed by atoms with Gasteiger partial charge in [-0.1, -0.05) is 0 Å². The predicted octanol–water partition coefficient (Wildman–Crippen LogP) is 2.41. The second-order valence-corrected chi connectivity index (χ2v) is 5.93. The van der Waals surface area contributed by atoms with Crippen LogP contribution in [0, 0.1) is 6.92 Å². The number of pyridine rings is 1. The van der Waals surface area contributed by atoms with Crippen LogP contribution in [-0.4, -0.2) is 32.0 Å². The van der Waals surface area contributed by atoms with Crippen LogP contribution >= 0.6 is 0 Å². The first kappa shape index (κ1) is 15.8. The first-order valence-corrected chi connectivity index (χ1v) is 7.01. The van der Waals surface area contributed by atoms with Crippen LogP contribution in [0.1, 0.15) is 32.3 Å². The number of aromatic nitrogens is 2. The van der Waals surface area contributed by atoms with Crippen molar-refractivity contribution in [1.29, 1.82) is 0 Å². The van der Waals surface area contributed by atoms with E-state index in [0.29, 0.717) is 12.1 Å². The maximum Gasteiger partial charge on any atom is 0.319 e. The van der Waals surface area contributed by atoms with Crippen LogP contribution in [0.5, 0.6) is 0 Å². The normalized spacial score (nSPS) is 11.4. The lowest BCUT2D eigenvalue weighted by atomic mass is 9.99. The van der Waals surface area contributed by atoms with Gasteiger partial charge in [0.05, 0.1) is 5.69 Å². The van der Waals surface area contributed by atoms with Gasteiger partial charge in [-0.2, -0.15) is 0 Å². The van der Waals surface area contributed by atoms with Crippen molar-refractivity contribution in [3.63, 3.8) is 0 Å². The van der Waals surface area contributed by atoms with Gasteiger partial charge in [0.2, 0.25) is 0 Å². The molecule has 0 aromatic carbocycles. The molecule has 2 aromatic heterocycles. The third kappa shape index (κ3) is 3.97. The summed E-state index contributed by atoms with van der Waals surface area (Å²) in [6.07, 6.45) is 5.64. The number of imidazole rings is 1. The molecule has 2 heterocycles. The quantitative estimate of drug-likeness (QED) is 0.790. The van der Waals surface area contributed by atoms with Crippen molar-refractivity contribution in [3.8, 4) is 0 Å². The number of hydrogen-bond acceptors (Lipinski definition) is 3. The molecule has 118 valence electrons. The number of carbonyl (C=O) groups is 2. The predicted molar refractivity (Wildman–Crippen MR) is 83.0 cm³/mol. The maximum absolute atomic E-state index is 12.1. The third-order valence-corrected chi connectivity index (χ3v) is 3.35. The van der Waals surface area contributed by atoms with Crippen LogP contribution in [0.4, 0.5) is 10.5 Å². The number of carboxylic acids is 1. The monoisotopic (exact) mass is 304 g/mol. The van der Waals surface area contributed by atoms with Gasteiger partial charge in [0.25, 0.3) is 0 Å². The number of fused-ring (bicyclic) bond motifs is 1. The minimum Gasteiger partial charge on any atom is -0.481 e. The van der Waals surface area contributed by atoms with Gasteiger partial charge in [-0.05, 0) is 38.8 Å². The van der Waals surface area contributed by atoms with E-state index >= 15 is 0 Å². The topological polar surface area (TPSA) is 95.7 Å². The number of nitrogens with zero attached hydrogens (tertiary/aromatic N) is 2. The molecule has 2 amide bonds. The fraction of sp³-hybridized carbons (Fsp3) is 0.400. The molecule has 0 aliphatic carbocycles. The first-order chi connectivity index (χ1) is 10.3. The Morgan fingerprint density at radius 3 is 2.82 bits per heavy atom. The van der Waals surface area contributed by atoms with E-state index in [1.807, 2.05) is 23.6 Å². The van der Waals surface area contributed by atoms with Crippen molar-refractivity contribution in [1.82, 2.24) is 14.7 Å². The summed E-state index contributed by atoms with van der Waals surface area (Å²) in [4.78, 5) is 26.9. The fourth-order valence-corrected chi connectivity index (χ4v) is 2.23. The molecule has 0 saturated heterocycles. The Morgan fingerprint density at radius 2 is 2.14 bits per heavy atom. The van der Waals surface area contributed by atoms with Crippen LogP contribution < -0.4 is 10.6 Å². The lowest BCUT2D eigenvalue weighted by Gasteiger charge is -2.25. The number of carboxylic acid groups (broad SMARTS) is 1. The molecule has 0 fully saturated rings. The van der Waals surface area contributed by atoms with Gasteiger partial charge in [0.1, 0.15) is 5.65 Å². The number of urea groups is 1. The van der Waals surface area contributed by atoms with Gasteiger partial charge in [0.15, 0.2) is 0 Å². The van der Waals surface area contributed by atoms with E-state index in [4.69, 9.17) is 5.11 Å². The van der Waals surface area contributed by atoms with Crippen molar-refractivity contribution >= 4 is 23.3 Å². The average Bonchev–Trinajstić information content (AvgIpc) is 2.84. The smallest absolute Gasteiger partial charge is 0.319 e. The van der Waals surface area contributed by atoms with Gasteiger partial charge in [-0.15, -0.1) is 0 Å². The van der Waals surface area contributed by atoms with Crippen LogP contribution in [-0.2, 0) is 4.79 Å². The standard InChI is InChI=1S/C15H20N4O3/c1-10-8-11(9-19-7-6-16-13(10)19)17-14(22)18-15(2,3)5-4-12(20)21/h6-9H,4-5H2,1-3H3,(H,20,21)(H2,17,18,22).